The van der Waals surface area contributed by atoms with E-state index in [1.165, 1.54) is 37.9 Å². The van der Waals surface area contributed by atoms with Gasteiger partial charge < -0.3 is 14.4 Å². The molecule has 1 aromatic rings. The molecule has 0 aromatic heterocycles. The summed E-state index contributed by atoms with van der Waals surface area (Å²) < 4.78 is 11.5. The van der Waals surface area contributed by atoms with Crippen LogP contribution in [0, 0.1) is 16.0 Å². The van der Waals surface area contributed by atoms with E-state index in [1.54, 1.807) is 19.2 Å². The summed E-state index contributed by atoms with van der Waals surface area (Å²) in [5.74, 6) is 1.18. The summed E-state index contributed by atoms with van der Waals surface area (Å²) in [7, 11) is 1.80. The summed E-state index contributed by atoms with van der Waals surface area (Å²) in [4.78, 5) is 12.8. The number of nitro benzene ring substituents is 1. The third-order valence-electron chi connectivity index (χ3n) is 4.97. The van der Waals surface area contributed by atoms with Gasteiger partial charge in [-0.05, 0) is 50.4 Å². The predicted octanol–water partition coefficient (Wildman–Crippen LogP) is 3.89. The zero-order chi connectivity index (χ0) is 18.1. The average molecular weight is 350 g/mol. The van der Waals surface area contributed by atoms with E-state index in [4.69, 9.17) is 9.47 Å². The lowest BCUT2D eigenvalue weighted by molar-refractivity contribution is -0.384. The van der Waals surface area contributed by atoms with Gasteiger partial charge in [-0.25, -0.2) is 0 Å². The molecule has 0 bridgehead atoms. The fourth-order valence-electron chi connectivity index (χ4n) is 3.41. The maximum absolute atomic E-state index is 10.7. The van der Waals surface area contributed by atoms with Crippen LogP contribution in [-0.4, -0.2) is 49.3 Å². The minimum Gasteiger partial charge on any atom is -0.494 e. The molecule has 1 aliphatic heterocycles. The minimum absolute atomic E-state index is 0.0854. The van der Waals surface area contributed by atoms with Crippen molar-refractivity contribution < 1.29 is 14.4 Å². The van der Waals surface area contributed by atoms with Crippen molar-refractivity contribution in [1.29, 1.82) is 0 Å². The van der Waals surface area contributed by atoms with Crippen molar-refractivity contribution in [2.24, 2.45) is 5.92 Å². The largest absolute Gasteiger partial charge is 0.494 e. The number of rotatable bonds is 10. The topological polar surface area (TPSA) is 64.8 Å². The zero-order valence-electron chi connectivity index (χ0n) is 15.4. The van der Waals surface area contributed by atoms with Gasteiger partial charge in [-0.15, -0.1) is 0 Å². The second-order valence-electron chi connectivity index (χ2n) is 6.72. The Hall–Kier alpha value is -1.66. The molecule has 0 N–H and O–H groups in total. The van der Waals surface area contributed by atoms with Gasteiger partial charge in [0.2, 0.25) is 0 Å². The maximum atomic E-state index is 10.7. The van der Waals surface area contributed by atoms with E-state index >= 15 is 0 Å². The van der Waals surface area contributed by atoms with Crippen molar-refractivity contribution >= 4 is 5.69 Å². The Bertz CT molecular complexity index is 521. The number of hydrogen-bond acceptors (Lipinski definition) is 5. The molecule has 6 heteroatoms. The smallest absolute Gasteiger partial charge is 0.269 e. The molecule has 1 aliphatic rings. The molecule has 0 aliphatic carbocycles. The van der Waals surface area contributed by atoms with E-state index in [9.17, 15) is 10.1 Å². The lowest BCUT2D eigenvalue weighted by Crippen LogP contribution is -2.45. The molecule has 25 heavy (non-hydrogen) atoms. The fraction of sp³-hybridized carbons (Fsp3) is 0.684. The third kappa shape index (κ3) is 6.29. The Labute approximate surface area is 150 Å². The molecule has 0 amide bonds. The molecular formula is C19H30N2O4. The molecule has 140 valence electrons. The quantitative estimate of drug-likeness (QED) is 0.364. The first-order chi connectivity index (χ1) is 12.1. The van der Waals surface area contributed by atoms with Crippen molar-refractivity contribution in [2.45, 2.75) is 45.1 Å². The van der Waals surface area contributed by atoms with E-state index in [0.29, 0.717) is 18.3 Å². The van der Waals surface area contributed by atoms with Crippen molar-refractivity contribution in [1.82, 2.24) is 4.90 Å². The summed E-state index contributed by atoms with van der Waals surface area (Å²) in [6.07, 6.45) is 6.15. The van der Waals surface area contributed by atoms with Crippen molar-refractivity contribution in [3.8, 4) is 5.75 Å². The fourth-order valence-corrected chi connectivity index (χ4v) is 3.41. The van der Waals surface area contributed by atoms with Gasteiger partial charge in [-0.1, -0.05) is 19.8 Å². The molecule has 0 radical (unpaired) electrons. The number of nitrogens with zero attached hydrogens (tertiary/aromatic N) is 2. The highest BCUT2D eigenvalue weighted by Gasteiger charge is 2.28. The van der Waals surface area contributed by atoms with Gasteiger partial charge in [0.15, 0.2) is 0 Å². The van der Waals surface area contributed by atoms with Gasteiger partial charge >= 0.3 is 0 Å². The van der Waals surface area contributed by atoms with Crippen molar-refractivity contribution in [3.05, 3.63) is 34.4 Å². The molecule has 0 spiro atoms. The maximum Gasteiger partial charge on any atom is 0.269 e. The number of non-ortho nitro benzene ring substituents is 1. The van der Waals surface area contributed by atoms with Gasteiger partial charge in [0.25, 0.3) is 5.69 Å². The molecule has 2 atom stereocenters. The van der Waals surface area contributed by atoms with E-state index in [0.717, 1.165) is 25.9 Å². The summed E-state index contributed by atoms with van der Waals surface area (Å²) in [6.45, 7) is 6.14. The summed E-state index contributed by atoms with van der Waals surface area (Å²) in [5.41, 5.74) is 0.0854. The van der Waals surface area contributed by atoms with Crippen molar-refractivity contribution in [2.75, 3.05) is 33.4 Å². The highest BCUT2D eigenvalue weighted by atomic mass is 16.6. The first-order valence-electron chi connectivity index (χ1n) is 9.26. The van der Waals surface area contributed by atoms with Crippen LogP contribution in [0.4, 0.5) is 5.69 Å². The first kappa shape index (κ1) is 19.7. The van der Waals surface area contributed by atoms with Crippen LogP contribution in [0.25, 0.3) is 0 Å². The van der Waals surface area contributed by atoms with Gasteiger partial charge in [0.1, 0.15) is 5.75 Å². The summed E-state index contributed by atoms with van der Waals surface area (Å²) in [6, 6.07) is 6.26. The lowest BCUT2D eigenvalue weighted by Gasteiger charge is -2.37. The molecule has 1 fully saturated rings. The molecule has 0 unspecified atom stereocenters. The second kappa shape index (κ2) is 10.4. The number of methoxy groups -OCH3 is 1. The molecule has 1 aromatic carbocycles. The number of hydrogen-bond donors (Lipinski definition) is 0. The number of benzene rings is 1. The standard InChI is InChI=1S/C19H30N2O4/c1-3-4-5-12-20-13-10-16(19(15-20)24-2)11-14-25-18-8-6-17(7-9-18)21(22)23/h6-9,16,19H,3-5,10-15H2,1-2H3/t16-,19+/m0/s1. The van der Waals surface area contributed by atoms with Crippen molar-refractivity contribution in [3.63, 3.8) is 0 Å². The van der Waals surface area contributed by atoms with E-state index in [2.05, 4.69) is 11.8 Å². The minimum atomic E-state index is -0.402. The Kier molecular flexibility index (Phi) is 8.15. The molecule has 0 saturated carbocycles. The number of unbranched alkanes of at least 4 members (excludes halogenated alkanes) is 2. The van der Waals surface area contributed by atoms with Crippen LogP contribution in [-0.2, 0) is 4.74 Å². The molecule has 2 rings (SSSR count). The Morgan fingerprint density at radius 2 is 2.04 bits per heavy atom. The van der Waals surface area contributed by atoms with Gasteiger partial charge in [0, 0.05) is 25.8 Å². The Morgan fingerprint density at radius 1 is 1.28 bits per heavy atom. The van der Waals surface area contributed by atoms with Crippen LogP contribution in [0.5, 0.6) is 5.75 Å². The molecule has 1 saturated heterocycles. The van der Waals surface area contributed by atoms with Crippen LogP contribution >= 0.6 is 0 Å². The third-order valence-corrected chi connectivity index (χ3v) is 4.97. The lowest BCUT2D eigenvalue weighted by atomic mass is 9.91. The number of nitro groups is 1. The van der Waals surface area contributed by atoms with Gasteiger partial charge in [0.05, 0.1) is 17.6 Å². The van der Waals surface area contributed by atoms with E-state index < -0.39 is 4.92 Å². The molecule has 1 heterocycles. The first-order valence-corrected chi connectivity index (χ1v) is 9.26. The number of ether oxygens (including phenoxy) is 2. The number of likely N-dealkylation sites (tertiary alicyclic amines) is 1. The van der Waals surface area contributed by atoms with Crippen LogP contribution in [0.3, 0.4) is 0 Å². The van der Waals surface area contributed by atoms with Gasteiger partial charge in [-0.3, -0.25) is 10.1 Å². The normalized spacial score (nSPS) is 21.2. The van der Waals surface area contributed by atoms with Crippen LogP contribution in [0.15, 0.2) is 24.3 Å². The molecular weight excluding hydrogens is 320 g/mol. The van der Waals surface area contributed by atoms with Crippen LogP contribution in [0.1, 0.15) is 39.0 Å². The zero-order valence-corrected chi connectivity index (χ0v) is 15.4. The predicted molar refractivity (Wildman–Crippen MR) is 98.1 cm³/mol. The van der Waals surface area contributed by atoms with E-state index in [1.807, 2.05) is 0 Å². The highest BCUT2D eigenvalue weighted by Crippen LogP contribution is 2.24. The van der Waals surface area contributed by atoms with Gasteiger partial charge in [-0.2, -0.15) is 0 Å². The Morgan fingerprint density at radius 3 is 2.68 bits per heavy atom. The SMILES string of the molecule is CCCCCN1CC[C@@H](CCOc2ccc([N+](=O)[O-])cc2)[C@H](OC)C1. The van der Waals surface area contributed by atoms with Crippen LogP contribution in [0.2, 0.25) is 0 Å². The summed E-state index contributed by atoms with van der Waals surface area (Å²) >= 11 is 0. The van der Waals surface area contributed by atoms with E-state index in [-0.39, 0.29) is 11.8 Å². The Balaban J connectivity index is 1.73. The summed E-state index contributed by atoms with van der Waals surface area (Å²) in [5, 5.41) is 10.7. The second-order valence-corrected chi connectivity index (χ2v) is 6.72. The highest BCUT2D eigenvalue weighted by molar-refractivity contribution is 5.35. The van der Waals surface area contributed by atoms with Crippen LogP contribution < -0.4 is 4.74 Å². The average Bonchev–Trinajstić information content (AvgIpc) is 2.63. The molecule has 6 nitrogen and oxygen atoms in total. The monoisotopic (exact) mass is 350 g/mol. The number of piperidine rings is 1.